The number of sulfonamides is 1. The largest absolute Gasteiger partial charge is 0.243 e. The highest BCUT2D eigenvalue weighted by Crippen LogP contribution is 2.27. The molecule has 1 aromatic rings. The lowest BCUT2D eigenvalue weighted by Gasteiger charge is -2.28. The van der Waals surface area contributed by atoms with E-state index in [1.807, 2.05) is 6.92 Å². The van der Waals surface area contributed by atoms with E-state index in [1.54, 1.807) is 6.07 Å². The van der Waals surface area contributed by atoms with E-state index in [0.717, 1.165) is 12.8 Å². The first kappa shape index (κ1) is 14.8. The van der Waals surface area contributed by atoms with Gasteiger partial charge in [0.05, 0.1) is 0 Å². The van der Waals surface area contributed by atoms with Crippen LogP contribution in [0.25, 0.3) is 0 Å². The fraction of sp³-hybridized carbons (Fsp3) is 0.615. The molecule has 2 rings (SSSR count). The van der Waals surface area contributed by atoms with E-state index in [1.165, 1.54) is 31.5 Å². The van der Waals surface area contributed by atoms with Crippen LogP contribution in [-0.4, -0.2) is 19.4 Å². The zero-order valence-electron chi connectivity index (χ0n) is 11.0. The summed E-state index contributed by atoms with van der Waals surface area (Å²) in [4.78, 5) is 3.87. The minimum Gasteiger partial charge on any atom is -0.243 e. The average Bonchev–Trinajstić information content (AvgIpc) is 2.39. The van der Waals surface area contributed by atoms with E-state index in [4.69, 9.17) is 11.6 Å². The van der Waals surface area contributed by atoms with Gasteiger partial charge in [-0.1, -0.05) is 30.9 Å². The lowest BCUT2D eigenvalue weighted by Crippen LogP contribution is -2.38. The maximum Gasteiger partial charge on any atom is 0.243 e. The van der Waals surface area contributed by atoms with Gasteiger partial charge in [-0.2, -0.15) is 0 Å². The SMILES string of the molecule is CC(NS(=O)(=O)c1cccnc1Cl)C1CCCCC1. The van der Waals surface area contributed by atoms with Crippen molar-refractivity contribution >= 4 is 21.6 Å². The summed E-state index contributed by atoms with van der Waals surface area (Å²) in [6.45, 7) is 1.93. The smallest absolute Gasteiger partial charge is 0.243 e. The second-order valence-corrected chi connectivity index (χ2v) is 7.14. The summed E-state index contributed by atoms with van der Waals surface area (Å²) >= 11 is 5.85. The molecule has 1 atom stereocenters. The van der Waals surface area contributed by atoms with Gasteiger partial charge in [0.2, 0.25) is 10.0 Å². The monoisotopic (exact) mass is 302 g/mol. The Morgan fingerprint density at radius 3 is 2.68 bits per heavy atom. The maximum absolute atomic E-state index is 12.3. The minimum absolute atomic E-state index is 0.0193. The predicted octanol–water partition coefficient (Wildman–Crippen LogP) is 2.98. The van der Waals surface area contributed by atoms with Gasteiger partial charge in [0.1, 0.15) is 10.0 Å². The van der Waals surface area contributed by atoms with Crippen molar-refractivity contribution in [1.29, 1.82) is 0 Å². The quantitative estimate of drug-likeness (QED) is 0.870. The van der Waals surface area contributed by atoms with Crippen LogP contribution < -0.4 is 4.72 Å². The summed E-state index contributed by atoms with van der Waals surface area (Å²) in [6, 6.07) is 2.98. The zero-order valence-corrected chi connectivity index (χ0v) is 12.5. The van der Waals surface area contributed by atoms with Crippen molar-refractivity contribution < 1.29 is 8.42 Å². The molecule has 0 radical (unpaired) electrons. The minimum atomic E-state index is -3.58. The molecule has 0 spiro atoms. The third kappa shape index (κ3) is 3.68. The van der Waals surface area contributed by atoms with Gasteiger partial charge in [-0.05, 0) is 37.8 Å². The molecule has 106 valence electrons. The van der Waals surface area contributed by atoms with Gasteiger partial charge in [0.25, 0.3) is 0 Å². The van der Waals surface area contributed by atoms with Crippen molar-refractivity contribution in [2.75, 3.05) is 0 Å². The second kappa shape index (κ2) is 6.20. The van der Waals surface area contributed by atoms with Crippen LogP contribution in [-0.2, 0) is 10.0 Å². The zero-order chi connectivity index (χ0) is 13.9. The number of nitrogens with zero attached hydrogens (tertiary/aromatic N) is 1. The van der Waals surface area contributed by atoms with Crippen molar-refractivity contribution in [2.45, 2.75) is 50.0 Å². The van der Waals surface area contributed by atoms with Crippen LogP contribution in [0.2, 0.25) is 5.15 Å². The summed E-state index contributed by atoms with van der Waals surface area (Å²) in [5, 5.41) is 0.0193. The van der Waals surface area contributed by atoms with E-state index < -0.39 is 10.0 Å². The Balaban J connectivity index is 2.11. The van der Waals surface area contributed by atoms with Crippen molar-refractivity contribution in [3.05, 3.63) is 23.5 Å². The van der Waals surface area contributed by atoms with Crippen molar-refractivity contribution in [1.82, 2.24) is 9.71 Å². The topological polar surface area (TPSA) is 59.1 Å². The molecule has 4 nitrogen and oxygen atoms in total. The lowest BCUT2D eigenvalue weighted by atomic mass is 9.85. The number of aromatic nitrogens is 1. The van der Waals surface area contributed by atoms with Crippen LogP contribution in [0.3, 0.4) is 0 Å². The molecule has 0 aliphatic heterocycles. The van der Waals surface area contributed by atoms with Gasteiger partial charge in [-0.25, -0.2) is 18.1 Å². The van der Waals surface area contributed by atoms with E-state index in [-0.39, 0.29) is 16.1 Å². The summed E-state index contributed by atoms with van der Waals surface area (Å²) in [5.41, 5.74) is 0. The third-order valence-corrected chi connectivity index (χ3v) is 5.72. The second-order valence-electron chi connectivity index (χ2n) is 5.10. The molecular formula is C13H19ClN2O2S. The molecule has 1 unspecified atom stereocenters. The van der Waals surface area contributed by atoms with Crippen LogP contribution in [0.5, 0.6) is 0 Å². The highest BCUT2D eigenvalue weighted by atomic mass is 35.5. The molecule has 1 N–H and O–H groups in total. The van der Waals surface area contributed by atoms with Gasteiger partial charge >= 0.3 is 0 Å². The fourth-order valence-corrected chi connectivity index (χ4v) is 4.38. The highest BCUT2D eigenvalue weighted by Gasteiger charge is 2.26. The summed E-state index contributed by atoms with van der Waals surface area (Å²) in [7, 11) is -3.58. The van der Waals surface area contributed by atoms with Gasteiger partial charge in [0.15, 0.2) is 0 Å². The van der Waals surface area contributed by atoms with Gasteiger partial charge in [0, 0.05) is 12.2 Å². The number of rotatable bonds is 4. The number of halogens is 1. The Bertz CT molecular complexity index is 527. The fourth-order valence-electron chi connectivity index (χ4n) is 2.61. The Morgan fingerprint density at radius 1 is 1.37 bits per heavy atom. The summed E-state index contributed by atoms with van der Waals surface area (Å²) in [5.74, 6) is 0.416. The van der Waals surface area contributed by atoms with Crippen LogP contribution in [0.15, 0.2) is 23.2 Å². The molecule has 19 heavy (non-hydrogen) atoms. The van der Waals surface area contributed by atoms with Crippen molar-refractivity contribution in [3.63, 3.8) is 0 Å². The first-order valence-electron chi connectivity index (χ1n) is 6.63. The van der Waals surface area contributed by atoms with E-state index in [2.05, 4.69) is 9.71 Å². The van der Waals surface area contributed by atoms with Gasteiger partial charge in [-0.15, -0.1) is 0 Å². The van der Waals surface area contributed by atoms with Gasteiger partial charge < -0.3 is 0 Å². The first-order valence-corrected chi connectivity index (χ1v) is 8.49. The molecule has 0 amide bonds. The summed E-state index contributed by atoms with van der Waals surface area (Å²) in [6.07, 6.45) is 7.28. The number of hydrogen-bond acceptors (Lipinski definition) is 3. The normalized spacial score (nSPS) is 19.3. The van der Waals surface area contributed by atoms with Gasteiger partial charge in [-0.3, -0.25) is 0 Å². The number of hydrogen-bond donors (Lipinski definition) is 1. The molecule has 1 aromatic heterocycles. The molecule has 1 fully saturated rings. The standard InChI is InChI=1S/C13H19ClN2O2S/c1-10(11-6-3-2-4-7-11)16-19(17,18)12-8-5-9-15-13(12)14/h5,8-11,16H,2-4,6-7H2,1H3. The van der Waals surface area contributed by atoms with Crippen LogP contribution in [0.1, 0.15) is 39.0 Å². The summed E-state index contributed by atoms with van der Waals surface area (Å²) < 4.78 is 27.3. The predicted molar refractivity (Wildman–Crippen MR) is 75.6 cm³/mol. The Labute approximate surface area is 119 Å². The molecule has 1 saturated carbocycles. The molecule has 0 saturated heterocycles. The molecule has 6 heteroatoms. The Morgan fingerprint density at radius 2 is 2.05 bits per heavy atom. The van der Waals surface area contributed by atoms with E-state index in [0.29, 0.717) is 5.92 Å². The molecule has 1 heterocycles. The number of pyridine rings is 1. The number of nitrogens with one attached hydrogen (secondary N) is 1. The highest BCUT2D eigenvalue weighted by molar-refractivity contribution is 7.89. The third-order valence-electron chi connectivity index (χ3n) is 3.71. The molecule has 0 bridgehead atoms. The Kier molecular flexibility index (Phi) is 4.81. The van der Waals surface area contributed by atoms with Crippen LogP contribution >= 0.6 is 11.6 Å². The Hall–Kier alpha value is -0.650. The van der Waals surface area contributed by atoms with Crippen LogP contribution in [0.4, 0.5) is 0 Å². The van der Waals surface area contributed by atoms with E-state index >= 15 is 0 Å². The molecule has 0 aromatic carbocycles. The van der Waals surface area contributed by atoms with Crippen LogP contribution in [0, 0.1) is 5.92 Å². The van der Waals surface area contributed by atoms with E-state index in [9.17, 15) is 8.42 Å². The average molecular weight is 303 g/mol. The molecular weight excluding hydrogens is 284 g/mol. The molecule has 1 aliphatic rings. The first-order chi connectivity index (χ1) is 9.00. The molecule has 1 aliphatic carbocycles. The maximum atomic E-state index is 12.3. The van der Waals surface area contributed by atoms with Crippen molar-refractivity contribution in [3.8, 4) is 0 Å². The van der Waals surface area contributed by atoms with Crippen molar-refractivity contribution in [2.24, 2.45) is 5.92 Å². The lowest BCUT2D eigenvalue weighted by molar-refractivity contribution is 0.303.